The van der Waals surface area contributed by atoms with E-state index in [2.05, 4.69) is 5.32 Å². The van der Waals surface area contributed by atoms with E-state index in [1.165, 1.54) is 12.1 Å². The Kier molecular flexibility index (Phi) is 9.50. The minimum Gasteiger partial charge on any atom is -0.494 e. The Hall–Kier alpha value is -3.81. The molecule has 0 saturated carbocycles. The molecule has 0 aromatic heterocycles. The molecule has 0 bridgehead atoms. The van der Waals surface area contributed by atoms with Crippen LogP contribution in [0.25, 0.3) is 11.1 Å². The lowest BCUT2D eigenvalue weighted by Gasteiger charge is -2.09. The van der Waals surface area contributed by atoms with Gasteiger partial charge in [-0.2, -0.15) is 13.2 Å². The number of nitrogens with one attached hydrogen (secondary N) is 1. The van der Waals surface area contributed by atoms with Gasteiger partial charge in [0, 0.05) is 12.1 Å². The lowest BCUT2D eigenvalue weighted by atomic mass is 10.0. The van der Waals surface area contributed by atoms with Gasteiger partial charge in [0.05, 0.1) is 25.2 Å². The molecular formula is C28H28F3NO4. The summed E-state index contributed by atoms with van der Waals surface area (Å²) in [6, 6.07) is 19.6. The zero-order chi connectivity index (χ0) is 26.0. The van der Waals surface area contributed by atoms with Crippen LogP contribution in [0.2, 0.25) is 0 Å². The van der Waals surface area contributed by atoms with Crippen molar-refractivity contribution in [2.75, 3.05) is 19.8 Å². The molecule has 0 aliphatic carbocycles. The molecule has 1 N–H and O–H groups in total. The van der Waals surface area contributed by atoms with E-state index in [4.69, 9.17) is 9.47 Å². The number of esters is 1. The van der Waals surface area contributed by atoms with Crippen molar-refractivity contribution < 1.29 is 32.2 Å². The van der Waals surface area contributed by atoms with E-state index in [9.17, 15) is 22.8 Å². The van der Waals surface area contributed by atoms with Gasteiger partial charge in [0.15, 0.2) is 0 Å². The lowest BCUT2D eigenvalue weighted by molar-refractivity contribution is -0.143. The molecular weight excluding hydrogens is 471 g/mol. The molecule has 0 aliphatic rings. The average Bonchev–Trinajstić information content (AvgIpc) is 2.87. The van der Waals surface area contributed by atoms with Crippen molar-refractivity contribution >= 4 is 11.9 Å². The van der Waals surface area contributed by atoms with Gasteiger partial charge in [0.25, 0.3) is 5.91 Å². The van der Waals surface area contributed by atoms with E-state index in [-0.39, 0.29) is 24.8 Å². The van der Waals surface area contributed by atoms with Crippen LogP contribution in [0.3, 0.4) is 0 Å². The zero-order valence-electron chi connectivity index (χ0n) is 19.9. The van der Waals surface area contributed by atoms with Gasteiger partial charge in [-0.05, 0) is 72.9 Å². The highest BCUT2D eigenvalue weighted by Gasteiger charge is 2.29. The second-order valence-electron chi connectivity index (χ2n) is 8.06. The first-order valence-electron chi connectivity index (χ1n) is 11.7. The molecule has 8 heteroatoms. The maximum atomic E-state index is 12.7. The quantitative estimate of drug-likeness (QED) is 0.257. The predicted molar refractivity (Wildman–Crippen MR) is 131 cm³/mol. The Bertz CT molecular complexity index is 1130. The van der Waals surface area contributed by atoms with E-state index < -0.39 is 11.7 Å². The van der Waals surface area contributed by atoms with Crippen LogP contribution >= 0.6 is 0 Å². The molecule has 190 valence electrons. The summed E-state index contributed by atoms with van der Waals surface area (Å²) in [5.74, 6) is 0.0259. The molecule has 3 rings (SSSR count). The van der Waals surface area contributed by atoms with Crippen molar-refractivity contribution in [3.8, 4) is 16.9 Å². The Morgan fingerprint density at radius 2 is 1.47 bits per heavy atom. The standard InChI is InChI=1S/C28H28F3NO4/c1-2-35-26(33)17-18-32-27(34)23-11-15-25(16-12-23)36-19-3-4-20-5-7-21(8-6-20)22-9-13-24(14-10-22)28(29,30)31/h5-16H,2-4,17-19H2,1H3,(H,32,34). The van der Waals surface area contributed by atoms with Crippen LogP contribution in [0.15, 0.2) is 72.8 Å². The summed E-state index contributed by atoms with van der Waals surface area (Å²) in [4.78, 5) is 23.4. The number of aryl methyl sites for hydroxylation is 1. The smallest absolute Gasteiger partial charge is 0.416 e. The second kappa shape index (κ2) is 12.8. The van der Waals surface area contributed by atoms with Crippen molar-refractivity contribution in [3.63, 3.8) is 0 Å². The maximum Gasteiger partial charge on any atom is 0.416 e. The topological polar surface area (TPSA) is 64.6 Å². The average molecular weight is 500 g/mol. The number of alkyl halides is 3. The van der Waals surface area contributed by atoms with Crippen LogP contribution in [0.4, 0.5) is 13.2 Å². The van der Waals surface area contributed by atoms with Gasteiger partial charge >= 0.3 is 12.1 Å². The summed E-state index contributed by atoms with van der Waals surface area (Å²) < 4.78 is 48.7. The second-order valence-corrected chi connectivity index (χ2v) is 8.06. The summed E-state index contributed by atoms with van der Waals surface area (Å²) in [6.07, 6.45) is -2.66. The van der Waals surface area contributed by atoms with E-state index >= 15 is 0 Å². The number of hydrogen-bond donors (Lipinski definition) is 1. The molecule has 0 radical (unpaired) electrons. The van der Waals surface area contributed by atoms with E-state index in [0.29, 0.717) is 24.5 Å². The molecule has 0 spiro atoms. The number of carbonyl (C=O) groups is 2. The first kappa shape index (κ1) is 26.8. The first-order chi connectivity index (χ1) is 17.3. The Labute approximate surface area is 208 Å². The number of halogens is 3. The number of carbonyl (C=O) groups excluding carboxylic acids is 2. The van der Waals surface area contributed by atoms with Crippen molar-refractivity contribution in [3.05, 3.63) is 89.5 Å². The molecule has 3 aromatic rings. The monoisotopic (exact) mass is 499 g/mol. The predicted octanol–water partition coefficient (Wildman–Crippen LogP) is 6.07. The molecule has 36 heavy (non-hydrogen) atoms. The fourth-order valence-corrected chi connectivity index (χ4v) is 3.50. The third kappa shape index (κ3) is 8.15. The van der Waals surface area contributed by atoms with Crippen LogP contribution in [-0.2, 0) is 22.1 Å². The van der Waals surface area contributed by atoms with Gasteiger partial charge in [0.2, 0.25) is 0 Å². The van der Waals surface area contributed by atoms with Gasteiger partial charge in [-0.1, -0.05) is 36.4 Å². The third-order valence-corrected chi connectivity index (χ3v) is 5.41. The highest BCUT2D eigenvalue weighted by Crippen LogP contribution is 2.31. The number of hydrogen-bond acceptors (Lipinski definition) is 4. The molecule has 0 atom stereocenters. The van der Waals surface area contributed by atoms with Crippen LogP contribution in [-0.4, -0.2) is 31.6 Å². The summed E-state index contributed by atoms with van der Waals surface area (Å²) >= 11 is 0. The summed E-state index contributed by atoms with van der Waals surface area (Å²) in [7, 11) is 0. The largest absolute Gasteiger partial charge is 0.494 e. The number of rotatable bonds is 11. The van der Waals surface area contributed by atoms with Crippen molar-refractivity contribution in [1.82, 2.24) is 5.32 Å². The highest BCUT2D eigenvalue weighted by molar-refractivity contribution is 5.94. The zero-order valence-corrected chi connectivity index (χ0v) is 19.9. The SMILES string of the molecule is CCOC(=O)CCNC(=O)c1ccc(OCCCc2ccc(-c3ccc(C(F)(F)F)cc3)cc2)cc1. The number of amides is 1. The molecule has 0 heterocycles. The Morgan fingerprint density at radius 3 is 2.06 bits per heavy atom. The van der Waals surface area contributed by atoms with E-state index in [1.807, 2.05) is 24.3 Å². The minimum absolute atomic E-state index is 0.124. The summed E-state index contributed by atoms with van der Waals surface area (Å²) in [5.41, 5.74) is 2.50. The van der Waals surface area contributed by atoms with Gasteiger partial charge < -0.3 is 14.8 Å². The molecule has 0 unspecified atom stereocenters. The first-order valence-corrected chi connectivity index (χ1v) is 11.7. The molecule has 5 nitrogen and oxygen atoms in total. The van der Waals surface area contributed by atoms with Crippen LogP contribution in [0.5, 0.6) is 5.75 Å². The fourth-order valence-electron chi connectivity index (χ4n) is 3.50. The number of benzene rings is 3. The number of ether oxygens (including phenoxy) is 2. The van der Waals surface area contributed by atoms with Crippen molar-refractivity contribution in [2.45, 2.75) is 32.4 Å². The van der Waals surface area contributed by atoms with Crippen LogP contribution in [0, 0.1) is 0 Å². The Balaban J connectivity index is 1.40. The minimum atomic E-state index is -4.34. The molecule has 1 amide bonds. The Morgan fingerprint density at radius 1 is 0.861 bits per heavy atom. The van der Waals surface area contributed by atoms with Crippen molar-refractivity contribution in [2.24, 2.45) is 0 Å². The van der Waals surface area contributed by atoms with E-state index in [0.717, 1.165) is 41.7 Å². The normalized spacial score (nSPS) is 11.1. The fraction of sp³-hybridized carbons (Fsp3) is 0.286. The third-order valence-electron chi connectivity index (χ3n) is 5.41. The van der Waals surface area contributed by atoms with Gasteiger partial charge in [0.1, 0.15) is 5.75 Å². The molecule has 0 aliphatic heterocycles. The van der Waals surface area contributed by atoms with Gasteiger partial charge in [-0.15, -0.1) is 0 Å². The molecule has 0 fully saturated rings. The van der Waals surface area contributed by atoms with Crippen LogP contribution in [0.1, 0.15) is 41.3 Å². The lowest BCUT2D eigenvalue weighted by Crippen LogP contribution is -2.26. The summed E-state index contributed by atoms with van der Waals surface area (Å²) in [6.45, 7) is 2.74. The van der Waals surface area contributed by atoms with Gasteiger partial charge in [-0.3, -0.25) is 9.59 Å². The van der Waals surface area contributed by atoms with Gasteiger partial charge in [-0.25, -0.2) is 0 Å². The highest BCUT2D eigenvalue weighted by atomic mass is 19.4. The maximum absolute atomic E-state index is 12.7. The van der Waals surface area contributed by atoms with Crippen LogP contribution < -0.4 is 10.1 Å². The van der Waals surface area contributed by atoms with Crippen molar-refractivity contribution in [1.29, 1.82) is 0 Å². The van der Waals surface area contributed by atoms with E-state index in [1.54, 1.807) is 31.2 Å². The summed E-state index contributed by atoms with van der Waals surface area (Å²) in [5, 5.41) is 2.68. The molecule has 0 saturated heterocycles. The molecule has 3 aromatic carbocycles.